The molecule has 3 aromatic rings. The van der Waals surface area contributed by atoms with Gasteiger partial charge in [-0.3, -0.25) is 0 Å². The minimum absolute atomic E-state index is 0.200. The third-order valence-electron chi connectivity index (χ3n) is 3.83. The average molecular weight is 337 g/mol. The SMILES string of the molecule is CCc1ccc(Nc2cnnc(NCCc3ccccc3F)n2)cc1. The number of aromatic nitrogens is 3. The molecule has 2 N–H and O–H groups in total. The van der Waals surface area contributed by atoms with E-state index >= 15 is 0 Å². The van der Waals surface area contributed by atoms with E-state index in [0.717, 1.165) is 12.1 Å². The van der Waals surface area contributed by atoms with Crippen LogP contribution in [0.3, 0.4) is 0 Å². The zero-order valence-electron chi connectivity index (χ0n) is 14.0. The fraction of sp³-hybridized carbons (Fsp3) is 0.211. The molecule has 1 aromatic heterocycles. The van der Waals surface area contributed by atoms with Crippen LogP contribution in [0.2, 0.25) is 0 Å². The van der Waals surface area contributed by atoms with Crippen LogP contribution in [0, 0.1) is 5.82 Å². The Morgan fingerprint density at radius 3 is 2.60 bits per heavy atom. The molecule has 0 aliphatic carbocycles. The molecule has 0 radical (unpaired) electrons. The molecule has 0 aliphatic heterocycles. The summed E-state index contributed by atoms with van der Waals surface area (Å²) in [5, 5.41) is 14.2. The lowest BCUT2D eigenvalue weighted by atomic mass is 10.1. The van der Waals surface area contributed by atoms with Gasteiger partial charge in [-0.1, -0.05) is 37.3 Å². The van der Waals surface area contributed by atoms with Crippen molar-refractivity contribution in [2.45, 2.75) is 19.8 Å². The van der Waals surface area contributed by atoms with Gasteiger partial charge in [-0.15, -0.1) is 5.10 Å². The van der Waals surface area contributed by atoms with Crippen molar-refractivity contribution in [1.29, 1.82) is 0 Å². The Labute approximate surface area is 146 Å². The third kappa shape index (κ3) is 4.73. The summed E-state index contributed by atoms with van der Waals surface area (Å²) in [5.41, 5.74) is 2.88. The fourth-order valence-electron chi connectivity index (χ4n) is 2.42. The van der Waals surface area contributed by atoms with Crippen molar-refractivity contribution in [2.75, 3.05) is 17.2 Å². The van der Waals surface area contributed by atoms with Crippen LogP contribution in [0.15, 0.2) is 54.7 Å². The lowest BCUT2D eigenvalue weighted by Crippen LogP contribution is -2.10. The van der Waals surface area contributed by atoms with Gasteiger partial charge in [0.25, 0.3) is 0 Å². The van der Waals surface area contributed by atoms with E-state index < -0.39 is 0 Å². The average Bonchev–Trinajstić information content (AvgIpc) is 2.64. The van der Waals surface area contributed by atoms with Crippen LogP contribution in [-0.2, 0) is 12.8 Å². The Hall–Kier alpha value is -3.02. The van der Waals surface area contributed by atoms with E-state index in [2.05, 4.69) is 44.9 Å². The zero-order chi connectivity index (χ0) is 17.5. The fourth-order valence-corrected chi connectivity index (χ4v) is 2.42. The highest BCUT2D eigenvalue weighted by molar-refractivity contribution is 5.56. The van der Waals surface area contributed by atoms with Gasteiger partial charge in [0.15, 0.2) is 5.82 Å². The maximum absolute atomic E-state index is 13.6. The topological polar surface area (TPSA) is 62.7 Å². The first-order chi connectivity index (χ1) is 12.2. The van der Waals surface area contributed by atoms with E-state index in [4.69, 9.17) is 0 Å². The van der Waals surface area contributed by atoms with Gasteiger partial charge in [-0.05, 0) is 42.2 Å². The molecule has 0 fully saturated rings. The van der Waals surface area contributed by atoms with Crippen molar-refractivity contribution in [3.8, 4) is 0 Å². The van der Waals surface area contributed by atoms with E-state index in [-0.39, 0.29) is 5.82 Å². The van der Waals surface area contributed by atoms with E-state index in [0.29, 0.717) is 30.3 Å². The lowest BCUT2D eigenvalue weighted by Gasteiger charge is -2.08. The molecule has 0 saturated carbocycles. The largest absolute Gasteiger partial charge is 0.353 e. The standard InChI is InChI=1S/C19H20FN5/c1-2-14-7-9-16(10-8-14)23-18-13-22-25-19(24-18)21-12-11-15-5-3-4-6-17(15)20/h3-10,13H,2,11-12H2,1H3,(H2,21,23,24,25). The summed E-state index contributed by atoms with van der Waals surface area (Å²) in [4.78, 5) is 4.37. The Bertz CT molecular complexity index is 820. The molecule has 2 aromatic carbocycles. The highest BCUT2D eigenvalue weighted by Crippen LogP contribution is 2.15. The normalized spacial score (nSPS) is 10.5. The first kappa shape index (κ1) is 16.8. The number of anilines is 3. The number of benzene rings is 2. The Morgan fingerprint density at radius 2 is 1.84 bits per heavy atom. The van der Waals surface area contributed by atoms with E-state index in [1.807, 2.05) is 18.2 Å². The van der Waals surface area contributed by atoms with Crippen molar-refractivity contribution >= 4 is 17.5 Å². The predicted octanol–water partition coefficient (Wildman–Crippen LogP) is 3.97. The Balaban J connectivity index is 1.58. The Morgan fingerprint density at radius 1 is 1.04 bits per heavy atom. The van der Waals surface area contributed by atoms with Gasteiger partial charge >= 0.3 is 0 Å². The zero-order valence-corrected chi connectivity index (χ0v) is 14.0. The third-order valence-corrected chi connectivity index (χ3v) is 3.83. The van der Waals surface area contributed by atoms with Crippen molar-refractivity contribution in [3.63, 3.8) is 0 Å². The van der Waals surface area contributed by atoms with Crippen LogP contribution in [0.4, 0.5) is 21.8 Å². The molecule has 0 atom stereocenters. The van der Waals surface area contributed by atoms with Gasteiger partial charge in [0.05, 0.1) is 6.20 Å². The number of rotatable bonds is 7. The molecule has 128 valence electrons. The molecule has 5 nitrogen and oxygen atoms in total. The summed E-state index contributed by atoms with van der Waals surface area (Å²) >= 11 is 0. The van der Waals surface area contributed by atoms with Gasteiger partial charge in [0.2, 0.25) is 5.95 Å². The maximum atomic E-state index is 13.6. The number of hydrogen-bond acceptors (Lipinski definition) is 5. The second-order valence-electron chi connectivity index (χ2n) is 5.61. The molecule has 0 bridgehead atoms. The van der Waals surface area contributed by atoms with Crippen molar-refractivity contribution in [3.05, 3.63) is 71.7 Å². The molecule has 1 heterocycles. The maximum Gasteiger partial charge on any atom is 0.244 e. The highest BCUT2D eigenvalue weighted by Gasteiger charge is 2.03. The number of nitrogens with zero attached hydrogens (tertiary/aromatic N) is 3. The molecular formula is C19H20FN5. The van der Waals surface area contributed by atoms with E-state index in [1.165, 1.54) is 11.6 Å². The van der Waals surface area contributed by atoms with Crippen LogP contribution >= 0.6 is 0 Å². The van der Waals surface area contributed by atoms with Crippen molar-refractivity contribution < 1.29 is 4.39 Å². The number of halogens is 1. The molecule has 0 amide bonds. The predicted molar refractivity (Wildman–Crippen MR) is 97.5 cm³/mol. The first-order valence-electron chi connectivity index (χ1n) is 8.27. The second kappa shape index (κ2) is 8.19. The molecule has 3 rings (SSSR count). The summed E-state index contributed by atoms with van der Waals surface area (Å²) in [6.07, 6.45) is 3.12. The molecule has 0 spiro atoms. The lowest BCUT2D eigenvalue weighted by molar-refractivity contribution is 0.610. The summed E-state index contributed by atoms with van der Waals surface area (Å²) in [7, 11) is 0. The van der Waals surface area contributed by atoms with Crippen molar-refractivity contribution in [1.82, 2.24) is 15.2 Å². The smallest absolute Gasteiger partial charge is 0.244 e. The van der Waals surface area contributed by atoms with Crippen LogP contribution in [0.1, 0.15) is 18.1 Å². The van der Waals surface area contributed by atoms with Gasteiger partial charge in [-0.25, -0.2) is 4.39 Å². The molecule has 0 unspecified atom stereocenters. The molecular weight excluding hydrogens is 317 g/mol. The second-order valence-corrected chi connectivity index (χ2v) is 5.61. The molecule has 0 aliphatic rings. The molecule has 25 heavy (non-hydrogen) atoms. The van der Waals surface area contributed by atoms with Gasteiger partial charge in [-0.2, -0.15) is 10.1 Å². The summed E-state index contributed by atoms with van der Waals surface area (Å²) < 4.78 is 13.6. The molecule has 6 heteroatoms. The highest BCUT2D eigenvalue weighted by atomic mass is 19.1. The quantitative estimate of drug-likeness (QED) is 0.683. The van der Waals surface area contributed by atoms with Crippen LogP contribution < -0.4 is 10.6 Å². The van der Waals surface area contributed by atoms with Gasteiger partial charge in [0, 0.05) is 12.2 Å². The minimum Gasteiger partial charge on any atom is -0.353 e. The van der Waals surface area contributed by atoms with Gasteiger partial charge < -0.3 is 10.6 Å². The number of hydrogen-bond donors (Lipinski definition) is 2. The summed E-state index contributed by atoms with van der Waals surface area (Å²) in [6, 6.07) is 14.9. The monoisotopic (exact) mass is 337 g/mol. The first-order valence-corrected chi connectivity index (χ1v) is 8.27. The Kier molecular flexibility index (Phi) is 5.51. The van der Waals surface area contributed by atoms with Crippen molar-refractivity contribution in [2.24, 2.45) is 0 Å². The van der Waals surface area contributed by atoms with Gasteiger partial charge in [0.1, 0.15) is 5.82 Å². The number of aryl methyl sites for hydroxylation is 1. The van der Waals surface area contributed by atoms with Crippen LogP contribution in [-0.4, -0.2) is 21.7 Å². The minimum atomic E-state index is -0.200. The van der Waals surface area contributed by atoms with E-state index in [9.17, 15) is 4.39 Å². The molecule has 0 saturated heterocycles. The summed E-state index contributed by atoms with van der Waals surface area (Å²) in [6.45, 7) is 2.65. The van der Waals surface area contributed by atoms with Crippen LogP contribution in [0.5, 0.6) is 0 Å². The number of nitrogens with one attached hydrogen (secondary N) is 2. The van der Waals surface area contributed by atoms with Crippen LogP contribution in [0.25, 0.3) is 0 Å². The summed E-state index contributed by atoms with van der Waals surface area (Å²) in [5.74, 6) is 0.813. The van der Waals surface area contributed by atoms with E-state index in [1.54, 1.807) is 18.3 Å².